The van der Waals surface area contributed by atoms with Gasteiger partial charge in [-0.25, -0.2) is 9.49 Å². The summed E-state index contributed by atoms with van der Waals surface area (Å²) in [6, 6.07) is 10.4. The van der Waals surface area contributed by atoms with Crippen molar-refractivity contribution in [1.82, 2.24) is 14.9 Å². The summed E-state index contributed by atoms with van der Waals surface area (Å²) in [6.07, 6.45) is 1.69. The smallest absolute Gasteiger partial charge is 0.216 e. The van der Waals surface area contributed by atoms with Crippen molar-refractivity contribution in [2.45, 2.75) is 6.92 Å². The van der Waals surface area contributed by atoms with Crippen molar-refractivity contribution in [3.8, 4) is 11.4 Å². The van der Waals surface area contributed by atoms with Gasteiger partial charge in [-0.2, -0.15) is 14.9 Å². The number of nitrogens with zero attached hydrogens (tertiary/aromatic N) is 3. The van der Waals surface area contributed by atoms with Crippen LogP contribution >= 0.6 is 23.6 Å². The molecule has 0 spiro atoms. The molecule has 0 amide bonds. The van der Waals surface area contributed by atoms with E-state index in [1.165, 1.54) is 15.6 Å². The first-order chi connectivity index (χ1) is 10.1. The van der Waals surface area contributed by atoms with Gasteiger partial charge in [-0.15, -0.1) is 11.3 Å². The predicted molar refractivity (Wildman–Crippen MR) is 84.9 cm³/mol. The lowest BCUT2D eigenvalue weighted by Gasteiger charge is -2.01. The number of aromatic nitrogens is 3. The molecule has 0 unspecified atom stereocenters. The van der Waals surface area contributed by atoms with Gasteiger partial charge in [-0.05, 0) is 43.4 Å². The van der Waals surface area contributed by atoms with Crippen molar-refractivity contribution in [3.05, 3.63) is 56.7 Å². The van der Waals surface area contributed by atoms with Gasteiger partial charge in [0.2, 0.25) is 4.77 Å². The number of aromatic amines is 1. The van der Waals surface area contributed by atoms with Crippen LogP contribution in [-0.2, 0) is 0 Å². The van der Waals surface area contributed by atoms with Gasteiger partial charge in [0.1, 0.15) is 5.82 Å². The first-order valence-corrected chi connectivity index (χ1v) is 7.41. The summed E-state index contributed by atoms with van der Waals surface area (Å²) in [5.74, 6) is -0.0162. The minimum Gasteiger partial charge on any atom is -0.250 e. The van der Waals surface area contributed by atoms with Crippen LogP contribution in [-0.4, -0.2) is 21.1 Å². The van der Waals surface area contributed by atoms with Crippen LogP contribution in [0.5, 0.6) is 0 Å². The van der Waals surface area contributed by atoms with Crippen molar-refractivity contribution < 1.29 is 4.39 Å². The largest absolute Gasteiger partial charge is 0.250 e. The molecule has 106 valence electrons. The van der Waals surface area contributed by atoms with Crippen molar-refractivity contribution in [2.24, 2.45) is 5.10 Å². The van der Waals surface area contributed by atoms with Gasteiger partial charge < -0.3 is 0 Å². The first-order valence-electron chi connectivity index (χ1n) is 6.18. The predicted octanol–water partition coefficient (Wildman–Crippen LogP) is 4.00. The average Bonchev–Trinajstić information content (AvgIpc) is 3.04. The van der Waals surface area contributed by atoms with E-state index in [2.05, 4.69) is 15.3 Å². The minimum atomic E-state index is -0.366. The molecule has 0 aliphatic rings. The van der Waals surface area contributed by atoms with E-state index in [1.807, 2.05) is 19.1 Å². The highest BCUT2D eigenvalue weighted by Crippen LogP contribution is 2.20. The molecule has 4 nitrogen and oxygen atoms in total. The molecule has 0 aliphatic heterocycles. The number of hydrogen-bond acceptors (Lipinski definition) is 4. The summed E-state index contributed by atoms with van der Waals surface area (Å²) >= 11 is 6.77. The fourth-order valence-corrected chi connectivity index (χ4v) is 2.78. The number of benzene rings is 1. The van der Waals surface area contributed by atoms with Gasteiger partial charge in [0.15, 0.2) is 5.82 Å². The Morgan fingerprint density at radius 3 is 2.86 bits per heavy atom. The third-order valence-corrected chi connectivity index (χ3v) is 4.03. The lowest BCUT2D eigenvalue weighted by Crippen LogP contribution is -1.96. The molecule has 21 heavy (non-hydrogen) atoms. The molecule has 0 saturated carbocycles. The minimum absolute atomic E-state index is 0.317. The van der Waals surface area contributed by atoms with E-state index in [-0.39, 0.29) is 5.82 Å². The van der Waals surface area contributed by atoms with E-state index >= 15 is 0 Å². The number of H-pyrrole nitrogens is 1. The van der Waals surface area contributed by atoms with E-state index in [1.54, 1.807) is 35.8 Å². The van der Waals surface area contributed by atoms with Gasteiger partial charge >= 0.3 is 0 Å². The standard InChI is InChI=1S/C14H11FN4S2/c1-9-6-7-10(21-9)8-16-19-13(17-18-14(19)20)11-4-2-3-5-12(11)15/h2-8H,1H3,(H,18,20)/b16-8+. The molecular weight excluding hydrogens is 307 g/mol. The summed E-state index contributed by atoms with van der Waals surface area (Å²) in [7, 11) is 0. The van der Waals surface area contributed by atoms with E-state index < -0.39 is 0 Å². The number of rotatable bonds is 3. The molecule has 3 aromatic rings. The van der Waals surface area contributed by atoms with E-state index in [0.717, 1.165) is 4.88 Å². The topological polar surface area (TPSA) is 46.0 Å². The summed E-state index contributed by atoms with van der Waals surface area (Å²) in [6.45, 7) is 2.02. The van der Waals surface area contributed by atoms with Gasteiger partial charge in [-0.3, -0.25) is 0 Å². The maximum absolute atomic E-state index is 13.9. The molecule has 0 fully saturated rings. The zero-order valence-corrected chi connectivity index (χ0v) is 12.7. The molecule has 2 heterocycles. The second kappa shape index (κ2) is 5.71. The summed E-state index contributed by atoms with van der Waals surface area (Å²) < 4.78 is 15.6. The zero-order valence-electron chi connectivity index (χ0n) is 11.1. The van der Waals surface area contributed by atoms with Crippen molar-refractivity contribution >= 4 is 29.8 Å². The fraction of sp³-hybridized carbons (Fsp3) is 0.0714. The van der Waals surface area contributed by atoms with Crippen LogP contribution in [0.4, 0.5) is 4.39 Å². The Morgan fingerprint density at radius 2 is 2.14 bits per heavy atom. The molecule has 2 aromatic heterocycles. The summed E-state index contributed by atoms with van der Waals surface area (Å²) in [5, 5.41) is 11.0. The molecule has 0 bridgehead atoms. The molecule has 1 N–H and O–H groups in total. The normalized spacial score (nSPS) is 11.3. The van der Waals surface area contributed by atoms with E-state index in [4.69, 9.17) is 12.2 Å². The van der Waals surface area contributed by atoms with Crippen LogP contribution in [0.15, 0.2) is 41.5 Å². The molecule has 0 saturated heterocycles. The van der Waals surface area contributed by atoms with Crippen LogP contribution in [0.1, 0.15) is 9.75 Å². The number of thiophene rings is 1. The number of hydrogen-bond donors (Lipinski definition) is 1. The average molecular weight is 318 g/mol. The molecule has 0 radical (unpaired) electrons. The molecular formula is C14H11FN4S2. The third kappa shape index (κ3) is 2.84. The SMILES string of the molecule is Cc1ccc(/C=N/n2c(-c3ccccc3F)n[nH]c2=S)s1. The lowest BCUT2D eigenvalue weighted by molar-refractivity contribution is 0.628. The van der Waals surface area contributed by atoms with Crippen molar-refractivity contribution in [3.63, 3.8) is 0 Å². The van der Waals surface area contributed by atoms with Crippen LogP contribution in [0.25, 0.3) is 11.4 Å². The molecule has 1 aromatic carbocycles. The summed E-state index contributed by atoms with van der Waals surface area (Å²) in [4.78, 5) is 2.19. The molecule has 0 aliphatic carbocycles. The van der Waals surface area contributed by atoms with Crippen LogP contribution in [0.2, 0.25) is 0 Å². The quantitative estimate of drug-likeness (QED) is 0.586. The van der Waals surface area contributed by atoms with Gasteiger partial charge in [0, 0.05) is 9.75 Å². The Balaban J connectivity index is 2.04. The maximum atomic E-state index is 13.9. The van der Waals surface area contributed by atoms with Crippen molar-refractivity contribution in [1.29, 1.82) is 0 Å². The highest BCUT2D eigenvalue weighted by atomic mass is 32.1. The molecule has 3 rings (SSSR count). The van der Waals surface area contributed by atoms with E-state index in [0.29, 0.717) is 16.2 Å². The van der Waals surface area contributed by atoms with Gasteiger partial charge in [-0.1, -0.05) is 12.1 Å². The third-order valence-electron chi connectivity index (χ3n) is 2.83. The number of aryl methyl sites for hydroxylation is 1. The monoisotopic (exact) mass is 318 g/mol. The fourth-order valence-electron chi connectivity index (χ4n) is 1.85. The number of nitrogens with one attached hydrogen (secondary N) is 1. The molecule has 0 atom stereocenters. The second-order valence-corrected chi connectivity index (χ2v) is 6.04. The van der Waals surface area contributed by atoms with Gasteiger partial charge in [0.25, 0.3) is 0 Å². The van der Waals surface area contributed by atoms with Crippen molar-refractivity contribution in [2.75, 3.05) is 0 Å². The Morgan fingerprint density at radius 1 is 1.33 bits per heavy atom. The van der Waals surface area contributed by atoms with Gasteiger partial charge in [0.05, 0.1) is 11.8 Å². The van der Waals surface area contributed by atoms with E-state index in [9.17, 15) is 4.39 Å². The van der Waals surface area contributed by atoms with Crippen LogP contribution in [0.3, 0.4) is 0 Å². The first kappa shape index (κ1) is 13.8. The van der Waals surface area contributed by atoms with Crippen LogP contribution in [0, 0.1) is 17.5 Å². The molecule has 7 heteroatoms. The Labute approximate surface area is 129 Å². The lowest BCUT2D eigenvalue weighted by atomic mass is 10.2. The Kier molecular flexibility index (Phi) is 3.76. The summed E-state index contributed by atoms with van der Waals surface area (Å²) in [5.41, 5.74) is 0.351. The zero-order chi connectivity index (χ0) is 14.8. The Bertz CT molecular complexity index is 860. The second-order valence-electron chi connectivity index (χ2n) is 4.34. The highest BCUT2D eigenvalue weighted by Gasteiger charge is 2.12. The number of halogens is 1. The highest BCUT2D eigenvalue weighted by molar-refractivity contribution is 7.71. The van der Waals surface area contributed by atoms with Crippen LogP contribution < -0.4 is 0 Å². The Hall–Kier alpha value is -2.12. The maximum Gasteiger partial charge on any atom is 0.216 e.